The van der Waals surface area contributed by atoms with Gasteiger partial charge in [-0.05, 0) is 7.05 Å². The van der Waals surface area contributed by atoms with E-state index in [1.165, 1.54) is 11.3 Å². The molecule has 1 saturated heterocycles. The summed E-state index contributed by atoms with van der Waals surface area (Å²) in [5, 5.41) is 0. The highest BCUT2D eigenvalue weighted by Crippen LogP contribution is 2.22. The van der Waals surface area contributed by atoms with Crippen LogP contribution >= 0.6 is 0 Å². The molecule has 2 aliphatic heterocycles. The lowest BCUT2D eigenvalue weighted by molar-refractivity contribution is 0.122. The first-order chi connectivity index (χ1) is 9.28. The van der Waals surface area contributed by atoms with Crippen molar-refractivity contribution in [2.45, 2.75) is 19.5 Å². The third kappa shape index (κ3) is 2.56. The average molecular weight is 263 g/mol. The van der Waals surface area contributed by atoms with Crippen LogP contribution in [0.5, 0.6) is 0 Å². The van der Waals surface area contributed by atoms with Crippen LogP contribution in [0.25, 0.3) is 0 Å². The highest BCUT2D eigenvalue weighted by molar-refractivity contribution is 5.38. The van der Waals surface area contributed by atoms with Crippen molar-refractivity contribution in [1.82, 2.24) is 14.9 Å². The first-order valence-electron chi connectivity index (χ1n) is 6.88. The van der Waals surface area contributed by atoms with Crippen molar-refractivity contribution in [2.24, 2.45) is 5.73 Å². The van der Waals surface area contributed by atoms with E-state index in [2.05, 4.69) is 21.8 Å². The van der Waals surface area contributed by atoms with E-state index in [4.69, 9.17) is 15.5 Å². The second-order valence-corrected chi connectivity index (χ2v) is 5.19. The van der Waals surface area contributed by atoms with Gasteiger partial charge in [-0.3, -0.25) is 0 Å². The zero-order chi connectivity index (χ0) is 13.2. The SMILES string of the molecule is CN1CCc2nc(N3CCOCC3)nc(CN)c2C1. The number of rotatable bonds is 2. The van der Waals surface area contributed by atoms with Gasteiger partial charge in [0.2, 0.25) is 5.95 Å². The molecule has 6 heteroatoms. The lowest BCUT2D eigenvalue weighted by Gasteiger charge is -2.30. The Balaban J connectivity index is 1.94. The Kier molecular flexibility index (Phi) is 3.63. The fourth-order valence-electron chi connectivity index (χ4n) is 2.68. The molecule has 0 saturated carbocycles. The number of fused-ring (bicyclic) bond motifs is 1. The number of nitrogens with two attached hydrogens (primary N) is 1. The van der Waals surface area contributed by atoms with Crippen LogP contribution in [-0.4, -0.2) is 54.8 Å². The quantitative estimate of drug-likeness (QED) is 0.794. The molecule has 3 heterocycles. The maximum atomic E-state index is 5.87. The monoisotopic (exact) mass is 263 g/mol. The molecule has 0 aliphatic carbocycles. The molecule has 2 aliphatic rings. The molecule has 1 fully saturated rings. The molecule has 0 unspecified atom stereocenters. The van der Waals surface area contributed by atoms with Gasteiger partial charge in [-0.15, -0.1) is 0 Å². The van der Waals surface area contributed by atoms with Crippen LogP contribution in [0.4, 0.5) is 5.95 Å². The van der Waals surface area contributed by atoms with E-state index >= 15 is 0 Å². The van der Waals surface area contributed by atoms with Crippen molar-refractivity contribution in [1.29, 1.82) is 0 Å². The minimum absolute atomic E-state index is 0.482. The second kappa shape index (κ2) is 5.40. The molecule has 0 spiro atoms. The van der Waals surface area contributed by atoms with E-state index in [1.807, 2.05) is 0 Å². The second-order valence-electron chi connectivity index (χ2n) is 5.19. The summed E-state index contributed by atoms with van der Waals surface area (Å²) in [6.07, 6.45) is 0.985. The fraction of sp³-hybridized carbons (Fsp3) is 0.692. The summed E-state index contributed by atoms with van der Waals surface area (Å²) in [6.45, 7) is 5.67. The maximum Gasteiger partial charge on any atom is 0.226 e. The summed E-state index contributed by atoms with van der Waals surface area (Å²) in [6, 6.07) is 0. The molecule has 0 radical (unpaired) electrons. The fourth-order valence-corrected chi connectivity index (χ4v) is 2.68. The van der Waals surface area contributed by atoms with Gasteiger partial charge >= 0.3 is 0 Å². The van der Waals surface area contributed by atoms with Crippen molar-refractivity contribution in [3.8, 4) is 0 Å². The van der Waals surface area contributed by atoms with Crippen LogP contribution in [0, 0.1) is 0 Å². The van der Waals surface area contributed by atoms with Gasteiger partial charge in [0, 0.05) is 44.7 Å². The van der Waals surface area contributed by atoms with Crippen LogP contribution in [0.3, 0.4) is 0 Å². The number of hydrogen-bond donors (Lipinski definition) is 1. The van der Waals surface area contributed by atoms with E-state index in [1.54, 1.807) is 0 Å². The van der Waals surface area contributed by atoms with E-state index in [0.29, 0.717) is 6.54 Å². The topological polar surface area (TPSA) is 67.5 Å². The number of hydrogen-bond acceptors (Lipinski definition) is 6. The molecule has 0 amide bonds. The summed E-state index contributed by atoms with van der Waals surface area (Å²) in [5.74, 6) is 0.826. The van der Waals surface area contributed by atoms with E-state index in [0.717, 1.165) is 57.5 Å². The normalized spacial score (nSPS) is 20.4. The Bertz CT molecular complexity index is 441. The van der Waals surface area contributed by atoms with Crippen molar-refractivity contribution < 1.29 is 4.74 Å². The number of aromatic nitrogens is 2. The predicted octanol–water partition coefficient (Wildman–Crippen LogP) is -0.240. The standard InChI is InChI=1S/C13H21N5O/c1-17-3-2-11-10(9-17)12(8-14)16-13(15-11)18-4-6-19-7-5-18/h2-9,14H2,1H3. The van der Waals surface area contributed by atoms with Gasteiger partial charge in [-0.25, -0.2) is 9.97 Å². The van der Waals surface area contributed by atoms with Crippen LogP contribution in [0.1, 0.15) is 17.0 Å². The summed E-state index contributed by atoms with van der Waals surface area (Å²) >= 11 is 0. The van der Waals surface area contributed by atoms with E-state index in [9.17, 15) is 0 Å². The molecule has 6 nitrogen and oxygen atoms in total. The number of morpholine rings is 1. The average Bonchev–Trinajstić information content (AvgIpc) is 2.47. The largest absolute Gasteiger partial charge is 0.378 e. The van der Waals surface area contributed by atoms with Gasteiger partial charge in [-0.1, -0.05) is 0 Å². The molecule has 0 aromatic carbocycles. The summed E-state index contributed by atoms with van der Waals surface area (Å²) < 4.78 is 5.38. The number of ether oxygens (including phenoxy) is 1. The van der Waals surface area contributed by atoms with Gasteiger partial charge < -0.3 is 20.3 Å². The Morgan fingerprint density at radius 1 is 1.21 bits per heavy atom. The third-order valence-corrected chi connectivity index (χ3v) is 3.81. The van der Waals surface area contributed by atoms with Gasteiger partial charge in [0.25, 0.3) is 0 Å². The first kappa shape index (κ1) is 12.8. The Hall–Kier alpha value is -1.24. The maximum absolute atomic E-state index is 5.87. The summed E-state index contributed by atoms with van der Waals surface area (Å²) in [5.41, 5.74) is 9.27. The zero-order valence-corrected chi connectivity index (χ0v) is 11.4. The van der Waals surface area contributed by atoms with Gasteiger partial charge in [0.05, 0.1) is 24.6 Å². The van der Waals surface area contributed by atoms with E-state index < -0.39 is 0 Å². The van der Waals surface area contributed by atoms with Crippen LogP contribution in [0.2, 0.25) is 0 Å². The summed E-state index contributed by atoms with van der Waals surface area (Å²) in [7, 11) is 2.12. The summed E-state index contributed by atoms with van der Waals surface area (Å²) in [4.78, 5) is 13.9. The number of anilines is 1. The Morgan fingerprint density at radius 2 is 2.00 bits per heavy atom. The van der Waals surface area contributed by atoms with Crippen LogP contribution in [0.15, 0.2) is 0 Å². The van der Waals surface area contributed by atoms with Crippen molar-refractivity contribution in [3.63, 3.8) is 0 Å². The smallest absolute Gasteiger partial charge is 0.226 e. The van der Waals surface area contributed by atoms with Crippen molar-refractivity contribution >= 4 is 5.95 Å². The lowest BCUT2D eigenvalue weighted by atomic mass is 10.0. The molecule has 0 atom stereocenters. The van der Waals surface area contributed by atoms with Gasteiger partial charge in [0.1, 0.15) is 0 Å². The first-order valence-corrected chi connectivity index (χ1v) is 6.88. The number of nitrogens with zero attached hydrogens (tertiary/aromatic N) is 4. The Labute approximate surface area is 113 Å². The highest BCUT2D eigenvalue weighted by Gasteiger charge is 2.22. The van der Waals surface area contributed by atoms with Crippen LogP contribution in [-0.2, 0) is 24.2 Å². The van der Waals surface area contributed by atoms with Gasteiger partial charge in [0.15, 0.2) is 0 Å². The van der Waals surface area contributed by atoms with Crippen LogP contribution < -0.4 is 10.6 Å². The Morgan fingerprint density at radius 3 is 2.74 bits per heavy atom. The molecular weight excluding hydrogens is 242 g/mol. The molecule has 0 bridgehead atoms. The molecule has 3 rings (SSSR count). The molecule has 1 aromatic rings. The molecule has 104 valence electrons. The predicted molar refractivity (Wildman–Crippen MR) is 73.0 cm³/mol. The molecule has 19 heavy (non-hydrogen) atoms. The lowest BCUT2D eigenvalue weighted by Crippen LogP contribution is -2.38. The van der Waals surface area contributed by atoms with Crippen molar-refractivity contribution in [3.05, 3.63) is 17.0 Å². The molecular formula is C13H21N5O. The third-order valence-electron chi connectivity index (χ3n) is 3.81. The highest BCUT2D eigenvalue weighted by atomic mass is 16.5. The van der Waals surface area contributed by atoms with Crippen molar-refractivity contribution in [2.75, 3.05) is 44.8 Å². The molecule has 2 N–H and O–H groups in total. The van der Waals surface area contributed by atoms with Gasteiger partial charge in [-0.2, -0.15) is 0 Å². The zero-order valence-electron chi connectivity index (χ0n) is 11.4. The minimum atomic E-state index is 0.482. The minimum Gasteiger partial charge on any atom is -0.378 e. The molecule has 1 aromatic heterocycles. The number of likely N-dealkylation sites (N-methyl/N-ethyl adjacent to an activating group) is 1. The van der Waals surface area contributed by atoms with E-state index in [-0.39, 0.29) is 0 Å².